The number of rotatable bonds is 4. The van der Waals surface area contributed by atoms with Crippen LogP contribution in [0.1, 0.15) is 36.0 Å². The molecule has 116 valence electrons. The maximum absolute atomic E-state index is 12.4. The molecule has 1 saturated heterocycles. The van der Waals surface area contributed by atoms with Crippen LogP contribution in [-0.2, 0) is 4.79 Å². The molecule has 1 unspecified atom stereocenters. The van der Waals surface area contributed by atoms with Gasteiger partial charge in [-0.15, -0.1) is 0 Å². The van der Waals surface area contributed by atoms with E-state index >= 15 is 0 Å². The fourth-order valence-corrected chi connectivity index (χ4v) is 2.35. The highest BCUT2D eigenvalue weighted by Gasteiger charge is 2.30. The zero-order valence-electron chi connectivity index (χ0n) is 11.5. The second-order valence-corrected chi connectivity index (χ2v) is 4.95. The Labute approximate surface area is 124 Å². The topological polar surface area (TPSA) is 132 Å². The predicted molar refractivity (Wildman–Crippen MR) is 74.5 cm³/mol. The molecule has 0 saturated carbocycles. The minimum absolute atomic E-state index is 0.234. The van der Waals surface area contributed by atoms with Crippen LogP contribution in [0.15, 0.2) is 18.2 Å². The van der Waals surface area contributed by atoms with E-state index in [0.29, 0.717) is 25.7 Å². The summed E-state index contributed by atoms with van der Waals surface area (Å²) in [5.41, 5.74) is -1.33. The van der Waals surface area contributed by atoms with Gasteiger partial charge in [-0.2, -0.15) is 0 Å². The maximum atomic E-state index is 12.4. The molecule has 1 heterocycles. The second-order valence-electron chi connectivity index (χ2n) is 4.95. The number of nitro groups is 2. The number of Topliss-reactive ketones (excluding diaryl/α,β-unsaturated/α-hetero) is 1. The van der Waals surface area contributed by atoms with Crippen molar-refractivity contribution in [1.82, 2.24) is 5.32 Å². The Morgan fingerprint density at radius 1 is 1.18 bits per heavy atom. The molecule has 0 bridgehead atoms. The molecule has 1 amide bonds. The summed E-state index contributed by atoms with van der Waals surface area (Å²) in [5, 5.41) is 24.3. The summed E-state index contributed by atoms with van der Waals surface area (Å²) in [6.07, 6.45) is 2.00. The Morgan fingerprint density at radius 3 is 2.55 bits per heavy atom. The van der Waals surface area contributed by atoms with Crippen molar-refractivity contribution in [3.63, 3.8) is 0 Å². The van der Waals surface area contributed by atoms with Gasteiger partial charge in [0.25, 0.3) is 11.4 Å². The van der Waals surface area contributed by atoms with Crippen LogP contribution in [0.2, 0.25) is 0 Å². The number of benzene rings is 1. The molecule has 22 heavy (non-hydrogen) atoms. The molecule has 9 heteroatoms. The zero-order valence-corrected chi connectivity index (χ0v) is 11.5. The van der Waals surface area contributed by atoms with Crippen molar-refractivity contribution < 1.29 is 19.4 Å². The van der Waals surface area contributed by atoms with Crippen LogP contribution in [0.3, 0.4) is 0 Å². The van der Waals surface area contributed by atoms with E-state index in [9.17, 15) is 29.8 Å². The number of nitrogens with zero attached hydrogens (tertiary/aromatic N) is 2. The Kier molecular flexibility index (Phi) is 4.44. The van der Waals surface area contributed by atoms with E-state index in [2.05, 4.69) is 5.32 Å². The van der Waals surface area contributed by atoms with Crippen molar-refractivity contribution in [2.75, 3.05) is 0 Å². The van der Waals surface area contributed by atoms with Crippen LogP contribution in [-0.4, -0.2) is 27.6 Å². The number of carbonyl (C=O) groups excluding carboxylic acids is 2. The molecule has 1 aromatic carbocycles. The fourth-order valence-electron chi connectivity index (χ4n) is 2.35. The SMILES string of the molecule is O=C1CCCCC(C(=O)c2ccc([N+](=O)[O-])cc2[N+](=O)[O-])N1. The largest absolute Gasteiger partial charge is 0.346 e. The van der Waals surface area contributed by atoms with E-state index in [1.807, 2.05) is 0 Å². The number of ketones is 1. The van der Waals surface area contributed by atoms with Gasteiger partial charge in [0.2, 0.25) is 5.91 Å². The van der Waals surface area contributed by atoms with Gasteiger partial charge in [0.15, 0.2) is 5.78 Å². The highest BCUT2D eigenvalue weighted by molar-refractivity contribution is 6.05. The normalized spacial score (nSPS) is 18.2. The van der Waals surface area contributed by atoms with Crippen LogP contribution < -0.4 is 5.32 Å². The van der Waals surface area contributed by atoms with Gasteiger partial charge in [-0.3, -0.25) is 29.8 Å². The monoisotopic (exact) mass is 307 g/mol. The van der Waals surface area contributed by atoms with Gasteiger partial charge in [-0.25, -0.2) is 0 Å². The lowest BCUT2D eigenvalue weighted by Gasteiger charge is -2.14. The third-order valence-electron chi connectivity index (χ3n) is 3.45. The van der Waals surface area contributed by atoms with Crippen molar-refractivity contribution >= 4 is 23.1 Å². The molecule has 9 nitrogen and oxygen atoms in total. The predicted octanol–water partition coefficient (Wildman–Crippen LogP) is 1.74. The van der Waals surface area contributed by atoms with Crippen molar-refractivity contribution in [3.8, 4) is 0 Å². The fraction of sp³-hybridized carbons (Fsp3) is 0.385. The molecule has 1 fully saturated rings. The van der Waals surface area contributed by atoms with Gasteiger partial charge >= 0.3 is 0 Å². The number of nitro benzene ring substituents is 2. The summed E-state index contributed by atoms with van der Waals surface area (Å²) in [6, 6.07) is 2.02. The Morgan fingerprint density at radius 2 is 1.91 bits per heavy atom. The Hall–Kier alpha value is -2.84. The molecule has 1 N–H and O–H groups in total. The third-order valence-corrected chi connectivity index (χ3v) is 3.45. The molecule has 0 radical (unpaired) electrons. The van der Waals surface area contributed by atoms with E-state index in [4.69, 9.17) is 0 Å². The molecule has 0 aromatic heterocycles. The lowest BCUT2D eigenvalue weighted by molar-refractivity contribution is -0.394. The van der Waals surface area contributed by atoms with Crippen LogP contribution in [0.25, 0.3) is 0 Å². The molecule has 2 rings (SSSR count). The van der Waals surface area contributed by atoms with E-state index in [0.717, 1.165) is 18.2 Å². The summed E-state index contributed by atoms with van der Waals surface area (Å²) >= 11 is 0. The van der Waals surface area contributed by atoms with Crippen molar-refractivity contribution in [2.45, 2.75) is 31.7 Å². The van der Waals surface area contributed by atoms with Crippen LogP contribution in [0.4, 0.5) is 11.4 Å². The zero-order chi connectivity index (χ0) is 16.3. The maximum Gasteiger partial charge on any atom is 0.287 e. The minimum Gasteiger partial charge on any atom is -0.346 e. The smallest absolute Gasteiger partial charge is 0.287 e. The number of hydrogen-bond donors (Lipinski definition) is 1. The summed E-state index contributed by atoms with van der Waals surface area (Å²) in [5.74, 6) is -0.878. The van der Waals surface area contributed by atoms with E-state index in [1.54, 1.807) is 0 Å². The first kappa shape index (κ1) is 15.5. The molecular weight excluding hydrogens is 294 g/mol. The quantitative estimate of drug-likeness (QED) is 0.511. The second kappa shape index (κ2) is 6.29. The number of non-ortho nitro benzene ring substituents is 1. The van der Waals surface area contributed by atoms with Crippen molar-refractivity contribution in [3.05, 3.63) is 44.0 Å². The summed E-state index contributed by atoms with van der Waals surface area (Å²) in [6.45, 7) is 0. The number of amides is 1. The molecular formula is C13H13N3O6. The summed E-state index contributed by atoms with van der Waals surface area (Å²) < 4.78 is 0. The average Bonchev–Trinajstić information content (AvgIpc) is 2.70. The standard InChI is InChI=1S/C13H13N3O6/c17-12-4-2-1-3-10(14-12)13(18)9-6-5-8(15(19)20)7-11(9)16(21)22/h5-7,10H,1-4H2,(H,14,17). The lowest BCUT2D eigenvalue weighted by Crippen LogP contribution is -2.39. The molecule has 0 aliphatic carbocycles. The van der Waals surface area contributed by atoms with Crippen molar-refractivity contribution in [1.29, 1.82) is 0 Å². The lowest BCUT2D eigenvalue weighted by atomic mass is 9.98. The summed E-state index contributed by atoms with van der Waals surface area (Å²) in [4.78, 5) is 44.1. The molecule has 1 aromatic rings. The Bertz CT molecular complexity index is 657. The molecule has 1 aliphatic heterocycles. The first-order valence-electron chi connectivity index (χ1n) is 6.66. The van der Waals surface area contributed by atoms with Gasteiger partial charge in [0.05, 0.1) is 27.5 Å². The number of carbonyl (C=O) groups is 2. The van der Waals surface area contributed by atoms with E-state index in [-0.39, 0.29) is 11.5 Å². The highest BCUT2D eigenvalue weighted by atomic mass is 16.6. The number of nitrogens with one attached hydrogen (secondary N) is 1. The van der Waals surface area contributed by atoms with Gasteiger partial charge < -0.3 is 5.32 Å². The summed E-state index contributed by atoms with van der Waals surface area (Å²) in [7, 11) is 0. The van der Waals surface area contributed by atoms with Gasteiger partial charge in [-0.1, -0.05) is 6.42 Å². The van der Waals surface area contributed by atoms with Crippen LogP contribution in [0.5, 0.6) is 0 Å². The molecule has 1 atom stereocenters. The molecule has 1 aliphatic rings. The minimum atomic E-state index is -0.838. The van der Waals surface area contributed by atoms with Crippen molar-refractivity contribution in [2.24, 2.45) is 0 Å². The number of hydrogen-bond acceptors (Lipinski definition) is 6. The Balaban J connectivity index is 2.38. The van der Waals surface area contributed by atoms with Crippen LogP contribution >= 0.6 is 0 Å². The molecule has 0 spiro atoms. The van der Waals surface area contributed by atoms with Gasteiger partial charge in [-0.05, 0) is 18.9 Å². The average molecular weight is 307 g/mol. The van der Waals surface area contributed by atoms with E-state index in [1.165, 1.54) is 0 Å². The third kappa shape index (κ3) is 3.25. The first-order chi connectivity index (χ1) is 10.4. The van der Waals surface area contributed by atoms with E-state index < -0.39 is 33.0 Å². The van der Waals surface area contributed by atoms with Gasteiger partial charge in [0, 0.05) is 12.5 Å². The van der Waals surface area contributed by atoms with Gasteiger partial charge in [0.1, 0.15) is 0 Å². The van der Waals surface area contributed by atoms with Crippen LogP contribution in [0, 0.1) is 20.2 Å². The first-order valence-corrected chi connectivity index (χ1v) is 6.66. The highest BCUT2D eigenvalue weighted by Crippen LogP contribution is 2.27.